The van der Waals surface area contributed by atoms with Gasteiger partial charge in [-0.15, -0.1) is 0 Å². The van der Waals surface area contributed by atoms with E-state index in [0.717, 1.165) is 12.8 Å². The van der Waals surface area contributed by atoms with Gasteiger partial charge >= 0.3 is 0 Å². The molecule has 0 aromatic heterocycles. The fourth-order valence-corrected chi connectivity index (χ4v) is 1.41. The maximum Gasteiger partial charge on any atom is 0.248 e. The van der Waals surface area contributed by atoms with E-state index in [2.05, 4.69) is 5.32 Å². The van der Waals surface area contributed by atoms with Crippen molar-refractivity contribution in [1.82, 2.24) is 5.32 Å². The minimum absolute atomic E-state index is 0.298. The zero-order chi connectivity index (χ0) is 10.8. The predicted molar refractivity (Wildman–Crippen MR) is 54.8 cm³/mol. The molecule has 1 amide bonds. The van der Waals surface area contributed by atoms with Gasteiger partial charge in [-0.1, -0.05) is 0 Å². The molecule has 4 heteroatoms. The number of carbonyl (C=O) groups excluding carboxylic acids is 1. The molecule has 0 aliphatic heterocycles. The summed E-state index contributed by atoms with van der Waals surface area (Å²) < 4.78 is 13.3. The van der Waals surface area contributed by atoms with Gasteiger partial charge in [0.25, 0.3) is 0 Å². The number of hydrogen-bond acceptors (Lipinski definition) is 2. The summed E-state index contributed by atoms with van der Waals surface area (Å²) >= 11 is 0. The molecule has 0 radical (unpaired) electrons. The van der Waals surface area contributed by atoms with E-state index in [4.69, 9.17) is 5.73 Å². The lowest BCUT2D eigenvalue weighted by Gasteiger charge is -2.05. The Morgan fingerprint density at radius 2 is 2.27 bits per heavy atom. The van der Waals surface area contributed by atoms with E-state index in [9.17, 15) is 9.18 Å². The standard InChI is InChI=1S/C11H13FN2O/c12-10-4-1-7(11(13)15)5-8(10)6-14-9-2-3-9/h1,4-5,9,14H,2-3,6H2,(H2,13,15). The second kappa shape index (κ2) is 3.98. The van der Waals surface area contributed by atoms with Crippen LogP contribution in [0.15, 0.2) is 18.2 Å². The fraction of sp³-hybridized carbons (Fsp3) is 0.364. The van der Waals surface area contributed by atoms with Crippen LogP contribution in [0.4, 0.5) is 4.39 Å². The summed E-state index contributed by atoms with van der Waals surface area (Å²) in [5.41, 5.74) is 5.97. The van der Waals surface area contributed by atoms with Crippen LogP contribution in [0.5, 0.6) is 0 Å². The van der Waals surface area contributed by atoms with Gasteiger partial charge in [-0.25, -0.2) is 4.39 Å². The summed E-state index contributed by atoms with van der Waals surface area (Å²) in [6.07, 6.45) is 2.30. The smallest absolute Gasteiger partial charge is 0.248 e. The van der Waals surface area contributed by atoms with E-state index in [0.29, 0.717) is 23.7 Å². The van der Waals surface area contributed by atoms with Crippen LogP contribution in [0, 0.1) is 5.82 Å². The summed E-state index contributed by atoms with van der Waals surface area (Å²) in [5, 5.41) is 3.19. The van der Waals surface area contributed by atoms with Crippen molar-refractivity contribution < 1.29 is 9.18 Å². The van der Waals surface area contributed by atoms with E-state index in [-0.39, 0.29) is 5.82 Å². The monoisotopic (exact) mass is 208 g/mol. The highest BCUT2D eigenvalue weighted by Gasteiger charge is 2.20. The van der Waals surface area contributed by atoms with Crippen LogP contribution in [0.1, 0.15) is 28.8 Å². The molecular formula is C11H13FN2O. The minimum Gasteiger partial charge on any atom is -0.366 e. The number of nitrogens with one attached hydrogen (secondary N) is 1. The first-order chi connectivity index (χ1) is 7.16. The normalized spacial score (nSPS) is 15.3. The van der Waals surface area contributed by atoms with Crippen LogP contribution < -0.4 is 11.1 Å². The summed E-state index contributed by atoms with van der Waals surface area (Å²) in [5.74, 6) is -0.823. The molecule has 2 rings (SSSR count). The average Bonchev–Trinajstić information content (AvgIpc) is 3.00. The molecule has 0 spiro atoms. The summed E-state index contributed by atoms with van der Waals surface area (Å²) in [4.78, 5) is 10.9. The van der Waals surface area contributed by atoms with Crippen molar-refractivity contribution in [2.45, 2.75) is 25.4 Å². The van der Waals surface area contributed by atoms with E-state index in [1.165, 1.54) is 18.2 Å². The largest absolute Gasteiger partial charge is 0.366 e. The second-order valence-corrected chi connectivity index (χ2v) is 3.83. The number of halogens is 1. The molecule has 1 fully saturated rings. The minimum atomic E-state index is -0.525. The van der Waals surface area contributed by atoms with Crippen molar-refractivity contribution in [3.05, 3.63) is 35.1 Å². The van der Waals surface area contributed by atoms with Crippen LogP contribution >= 0.6 is 0 Å². The lowest BCUT2D eigenvalue weighted by Crippen LogP contribution is -2.17. The predicted octanol–water partition coefficient (Wildman–Crippen LogP) is 1.18. The zero-order valence-corrected chi connectivity index (χ0v) is 8.29. The van der Waals surface area contributed by atoms with Gasteiger partial charge in [0.1, 0.15) is 5.82 Å². The number of rotatable bonds is 4. The van der Waals surface area contributed by atoms with E-state index >= 15 is 0 Å². The summed E-state index contributed by atoms with van der Waals surface area (Å²) in [7, 11) is 0. The first kappa shape index (κ1) is 10.1. The van der Waals surface area contributed by atoms with Gasteiger partial charge in [0, 0.05) is 23.7 Å². The number of amides is 1. The zero-order valence-electron chi connectivity index (χ0n) is 8.29. The van der Waals surface area contributed by atoms with Gasteiger partial charge in [0.05, 0.1) is 0 Å². The molecule has 0 saturated heterocycles. The van der Waals surface area contributed by atoms with E-state index in [1.54, 1.807) is 0 Å². The van der Waals surface area contributed by atoms with Crippen LogP contribution in [-0.4, -0.2) is 11.9 Å². The highest BCUT2D eigenvalue weighted by Crippen LogP contribution is 2.20. The summed E-state index contributed by atoms with van der Waals surface area (Å²) in [6.45, 7) is 0.456. The number of hydrogen-bond donors (Lipinski definition) is 2. The third-order valence-corrected chi connectivity index (χ3v) is 2.49. The Morgan fingerprint density at radius 1 is 1.53 bits per heavy atom. The number of benzene rings is 1. The highest BCUT2D eigenvalue weighted by molar-refractivity contribution is 5.92. The van der Waals surface area contributed by atoms with Crippen molar-refractivity contribution in [3.8, 4) is 0 Å². The number of carbonyl (C=O) groups is 1. The Balaban J connectivity index is 2.12. The summed E-state index contributed by atoms with van der Waals surface area (Å²) in [6, 6.07) is 4.71. The Hall–Kier alpha value is -1.42. The van der Waals surface area contributed by atoms with Crippen LogP contribution in [0.25, 0.3) is 0 Å². The van der Waals surface area contributed by atoms with Crippen molar-refractivity contribution in [3.63, 3.8) is 0 Å². The van der Waals surface area contributed by atoms with Crippen molar-refractivity contribution in [2.24, 2.45) is 5.73 Å². The van der Waals surface area contributed by atoms with Gasteiger partial charge in [0.15, 0.2) is 0 Å². The maximum atomic E-state index is 13.3. The van der Waals surface area contributed by atoms with Crippen molar-refractivity contribution in [2.75, 3.05) is 0 Å². The Kier molecular flexibility index (Phi) is 2.68. The number of nitrogens with two attached hydrogens (primary N) is 1. The topological polar surface area (TPSA) is 55.1 Å². The average molecular weight is 208 g/mol. The molecule has 1 aromatic rings. The van der Waals surface area contributed by atoms with Gasteiger partial charge in [0.2, 0.25) is 5.91 Å². The Morgan fingerprint density at radius 3 is 2.87 bits per heavy atom. The third kappa shape index (κ3) is 2.53. The molecule has 80 valence electrons. The highest BCUT2D eigenvalue weighted by atomic mass is 19.1. The molecule has 3 nitrogen and oxygen atoms in total. The Bertz CT molecular complexity index is 388. The van der Waals surface area contributed by atoms with Gasteiger partial charge in [-0.3, -0.25) is 4.79 Å². The van der Waals surface area contributed by atoms with Crippen molar-refractivity contribution >= 4 is 5.91 Å². The van der Waals surface area contributed by atoms with Gasteiger partial charge in [-0.2, -0.15) is 0 Å². The number of primary amides is 1. The second-order valence-electron chi connectivity index (χ2n) is 3.83. The maximum absolute atomic E-state index is 13.3. The molecule has 0 bridgehead atoms. The SMILES string of the molecule is NC(=O)c1ccc(F)c(CNC2CC2)c1. The van der Waals surface area contributed by atoms with Gasteiger partial charge in [-0.05, 0) is 31.0 Å². The van der Waals surface area contributed by atoms with E-state index < -0.39 is 5.91 Å². The molecule has 1 aliphatic rings. The molecule has 3 N–H and O–H groups in total. The molecule has 1 aromatic carbocycles. The van der Waals surface area contributed by atoms with Crippen LogP contribution in [0.3, 0.4) is 0 Å². The Labute approximate surface area is 87.5 Å². The first-order valence-electron chi connectivity index (χ1n) is 4.98. The molecule has 0 atom stereocenters. The van der Waals surface area contributed by atoms with Gasteiger partial charge < -0.3 is 11.1 Å². The molecule has 15 heavy (non-hydrogen) atoms. The molecule has 0 unspecified atom stereocenters. The molecular weight excluding hydrogens is 195 g/mol. The van der Waals surface area contributed by atoms with Crippen LogP contribution in [-0.2, 0) is 6.54 Å². The molecule has 1 saturated carbocycles. The van der Waals surface area contributed by atoms with E-state index in [1.807, 2.05) is 0 Å². The molecule has 0 heterocycles. The lowest BCUT2D eigenvalue weighted by molar-refractivity contribution is 0.1000. The molecule has 1 aliphatic carbocycles. The fourth-order valence-electron chi connectivity index (χ4n) is 1.41. The van der Waals surface area contributed by atoms with Crippen LogP contribution in [0.2, 0.25) is 0 Å². The quantitative estimate of drug-likeness (QED) is 0.780. The van der Waals surface area contributed by atoms with Crippen molar-refractivity contribution in [1.29, 1.82) is 0 Å². The third-order valence-electron chi connectivity index (χ3n) is 2.49. The lowest BCUT2D eigenvalue weighted by atomic mass is 10.1. The first-order valence-corrected chi connectivity index (χ1v) is 4.98.